The number of rotatable bonds is 17. The highest BCUT2D eigenvalue weighted by atomic mass is 127. The first-order chi connectivity index (χ1) is 17.4. The van der Waals surface area contributed by atoms with Crippen molar-refractivity contribution in [2.24, 2.45) is 7.05 Å². The summed E-state index contributed by atoms with van der Waals surface area (Å²) < 4.78 is 13.6. The number of imide groups is 1. The van der Waals surface area contributed by atoms with Crippen molar-refractivity contribution >= 4 is 11.8 Å². The Hall–Kier alpha value is -2.16. The van der Waals surface area contributed by atoms with Gasteiger partial charge in [-0.25, -0.2) is 4.57 Å². The van der Waals surface area contributed by atoms with E-state index in [2.05, 4.69) is 6.92 Å². The number of halogens is 1. The van der Waals surface area contributed by atoms with Gasteiger partial charge in [0.2, 0.25) is 11.6 Å². The summed E-state index contributed by atoms with van der Waals surface area (Å²) in [7, 11) is 1.89. The predicted octanol–water partition coefficient (Wildman–Crippen LogP) is 3.08. The Kier molecular flexibility index (Phi) is 16.9. The Bertz CT molecular complexity index is 951. The summed E-state index contributed by atoms with van der Waals surface area (Å²) in [5.41, 5.74) is 1.76. The number of pyridine rings is 1. The molecule has 0 aliphatic carbocycles. The fraction of sp³-hybridized carbons (Fsp3) is 0.567. The number of benzene rings is 1. The van der Waals surface area contributed by atoms with Crippen LogP contribution in [0.15, 0.2) is 42.6 Å². The molecule has 7 heteroatoms. The monoisotopic (exact) mass is 624 g/mol. The molecule has 1 heterocycles. The summed E-state index contributed by atoms with van der Waals surface area (Å²) in [5, 5.41) is 0. The number of amides is 2. The second-order valence-corrected chi connectivity index (χ2v) is 9.55. The minimum absolute atomic E-state index is 0. The van der Waals surface area contributed by atoms with Crippen LogP contribution in [0, 0.1) is 6.92 Å². The van der Waals surface area contributed by atoms with Crippen LogP contribution in [0.5, 0.6) is 11.5 Å². The van der Waals surface area contributed by atoms with Crippen molar-refractivity contribution in [1.29, 1.82) is 0 Å². The van der Waals surface area contributed by atoms with Crippen molar-refractivity contribution in [2.45, 2.75) is 91.5 Å². The average molecular weight is 625 g/mol. The third-order valence-electron chi connectivity index (χ3n) is 6.43. The van der Waals surface area contributed by atoms with Crippen molar-refractivity contribution in [3.8, 4) is 11.5 Å². The van der Waals surface area contributed by atoms with Gasteiger partial charge in [-0.1, -0.05) is 70.8 Å². The van der Waals surface area contributed by atoms with Gasteiger partial charge in [0, 0.05) is 19.1 Å². The summed E-state index contributed by atoms with van der Waals surface area (Å²) in [4.78, 5) is 26.0. The van der Waals surface area contributed by atoms with E-state index in [1.54, 1.807) is 0 Å². The third-order valence-corrected chi connectivity index (χ3v) is 6.43. The van der Waals surface area contributed by atoms with Crippen LogP contribution in [0.2, 0.25) is 0 Å². The molecule has 37 heavy (non-hydrogen) atoms. The zero-order valence-corrected chi connectivity index (χ0v) is 25.3. The number of aryl methyl sites for hydroxylation is 2. The molecule has 0 bridgehead atoms. The molecular formula is C30H45IN2O4. The van der Waals surface area contributed by atoms with Gasteiger partial charge >= 0.3 is 0 Å². The Morgan fingerprint density at radius 3 is 2.14 bits per heavy atom. The largest absolute Gasteiger partial charge is 1.00 e. The van der Waals surface area contributed by atoms with Gasteiger partial charge in [-0.2, -0.15) is 0 Å². The van der Waals surface area contributed by atoms with Crippen molar-refractivity contribution in [2.75, 3.05) is 13.2 Å². The van der Waals surface area contributed by atoms with Crippen LogP contribution >= 0.6 is 0 Å². The highest BCUT2D eigenvalue weighted by molar-refractivity contribution is 5.94. The number of carbonyl (C=O) groups is 2. The molecule has 2 amide bonds. The molecule has 0 fully saturated rings. The topological polar surface area (TPSA) is 59.7 Å². The lowest BCUT2D eigenvalue weighted by Gasteiger charge is -2.18. The standard InChI is InChI=1S/C30H45N2O4.HI/c1-5-6-7-8-9-10-11-12-13-16-21-35-28-18-19-29(25(2)22-28)36-24-30(34)32(26(3)33)23-27-17-14-15-20-31(27)4;/h14-15,17-20,22H,5-13,16,21,23-24H2,1-4H3;1H/q+1;/p-1. The van der Waals surface area contributed by atoms with Gasteiger partial charge in [0.1, 0.15) is 25.1 Å². The maximum absolute atomic E-state index is 12.7. The summed E-state index contributed by atoms with van der Waals surface area (Å²) in [5.74, 6) is 0.749. The predicted molar refractivity (Wildman–Crippen MR) is 143 cm³/mol. The number of ether oxygens (including phenoxy) is 2. The highest BCUT2D eigenvalue weighted by Gasteiger charge is 2.22. The fourth-order valence-corrected chi connectivity index (χ4v) is 4.13. The van der Waals surface area contributed by atoms with Crippen LogP contribution in [0.3, 0.4) is 0 Å². The molecule has 0 spiro atoms. The van der Waals surface area contributed by atoms with Crippen molar-refractivity contribution in [1.82, 2.24) is 4.90 Å². The Labute approximate surface area is 240 Å². The molecule has 0 saturated carbocycles. The first-order valence-electron chi connectivity index (χ1n) is 13.5. The van der Waals surface area contributed by atoms with E-state index < -0.39 is 0 Å². The number of unbranched alkanes of at least 4 members (excludes halogenated alkanes) is 9. The van der Waals surface area contributed by atoms with Crippen LogP contribution < -0.4 is 38.0 Å². The van der Waals surface area contributed by atoms with E-state index in [0.717, 1.165) is 23.4 Å². The summed E-state index contributed by atoms with van der Waals surface area (Å²) in [6.07, 6.45) is 14.9. The first-order valence-corrected chi connectivity index (χ1v) is 13.5. The number of hydrogen-bond donors (Lipinski definition) is 0. The number of nitrogens with zero attached hydrogens (tertiary/aromatic N) is 2. The molecule has 6 nitrogen and oxygen atoms in total. The summed E-state index contributed by atoms with van der Waals surface area (Å²) >= 11 is 0. The zero-order chi connectivity index (χ0) is 26.2. The molecule has 2 aromatic rings. The van der Waals surface area contributed by atoms with Gasteiger partial charge in [-0.15, -0.1) is 0 Å². The van der Waals surface area contributed by atoms with Gasteiger partial charge < -0.3 is 33.5 Å². The molecule has 0 atom stereocenters. The van der Waals surface area contributed by atoms with E-state index in [4.69, 9.17) is 9.47 Å². The second kappa shape index (κ2) is 19.0. The van der Waals surface area contributed by atoms with Crippen molar-refractivity contribution in [3.05, 3.63) is 53.9 Å². The van der Waals surface area contributed by atoms with Crippen molar-refractivity contribution < 1.29 is 47.6 Å². The van der Waals surface area contributed by atoms with Gasteiger partial charge in [0.05, 0.1) is 6.61 Å². The van der Waals surface area contributed by atoms with E-state index in [-0.39, 0.29) is 48.9 Å². The van der Waals surface area contributed by atoms with Gasteiger partial charge in [0.15, 0.2) is 12.8 Å². The lowest BCUT2D eigenvalue weighted by molar-refractivity contribution is -0.679. The minimum atomic E-state index is -0.368. The normalized spacial score (nSPS) is 10.5. The molecule has 0 saturated heterocycles. The van der Waals surface area contributed by atoms with Crippen molar-refractivity contribution in [3.63, 3.8) is 0 Å². The van der Waals surface area contributed by atoms with E-state index in [1.807, 2.05) is 61.1 Å². The van der Waals surface area contributed by atoms with Crippen LogP contribution in [0.1, 0.15) is 89.3 Å². The molecule has 206 valence electrons. The lowest BCUT2D eigenvalue weighted by Crippen LogP contribution is -3.00. The quantitative estimate of drug-likeness (QED) is 0.154. The van der Waals surface area contributed by atoms with E-state index in [9.17, 15) is 9.59 Å². The van der Waals surface area contributed by atoms with Gasteiger partial charge in [-0.05, 0) is 37.1 Å². The Morgan fingerprint density at radius 2 is 1.54 bits per heavy atom. The summed E-state index contributed by atoms with van der Waals surface area (Å²) in [6, 6.07) is 11.3. The third kappa shape index (κ3) is 12.8. The molecule has 1 aromatic carbocycles. The zero-order valence-electron chi connectivity index (χ0n) is 23.1. The van der Waals surface area contributed by atoms with E-state index in [1.165, 1.54) is 69.6 Å². The summed E-state index contributed by atoms with van der Waals surface area (Å²) in [6.45, 7) is 6.30. The Balaban J connectivity index is 0.00000684. The molecule has 0 unspecified atom stereocenters. The lowest BCUT2D eigenvalue weighted by atomic mass is 10.1. The average Bonchev–Trinajstić information content (AvgIpc) is 2.86. The van der Waals surface area contributed by atoms with Crippen LogP contribution in [0.4, 0.5) is 0 Å². The molecule has 0 aliphatic heterocycles. The van der Waals surface area contributed by atoms with E-state index in [0.29, 0.717) is 12.4 Å². The van der Waals surface area contributed by atoms with Crippen LogP contribution in [-0.4, -0.2) is 29.9 Å². The van der Waals surface area contributed by atoms with Crippen LogP contribution in [-0.2, 0) is 23.2 Å². The Morgan fingerprint density at radius 1 is 0.892 bits per heavy atom. The molecule has 2 rings (SSSR count). The highest BCUT2D eigenvalue weighted by Crippen LogP contribution is 2.24. The first kappa shape index (κ1) is 32.9. The van der Waals surface area contributed by atoms with Gasteiger partial charge in [-0.3, -0.25) is 14.5 Å². The number of hydrogen-bond acceptors (Lipinski definition) is 4. The molecule has 0 N–H and O–H groups in total. The maximum Gasteiger partial charge on any atom is 0.267 e. The van der Waals surface area contributed by atoms with E-state index >= 15 is 0 Å². The SMILES string of the molecule is CCCCCCCCCCCCOc1ccc(OCC(=O)N(Cc2cccc[n+]2C)C(C)=O)c(C)c1.[I-]. The molecule has 0 radical (unpaired) electrons. The molecule has 1 aromatic heterocycles. The maximum atomic E-state index is 12.7. The minimum Gasteiger partial charge on any atom is -1.00 e. The fourth-order valence-electron chi connectivity index (χ4n) is 4.13. The second-order valence-electron chi connectivity index (χ2n) is 9.55. The van der Waals surface area contributed by atoms with Crippen LogP contribution in [0.25, 0.3) is 0 Å². The number of aromatic nitrogens is 1. The molecule has 0 aliphatic rings. The molecular weight excluding hydrogens is 579 g/mol. The van der Waals surface area contributed by atoms with Gasteiger partial charge in [0.25, 0.3) is 5.91 Å². The smallest absolute Gasteiger partial charge is 0.267 e. The number of carbonyl (C=O) groups excluding carboxylic acids is 2.